The van der Waals surface area contributed by atoms with E-state index in [1.165, 1.54) is 22.5 Å². The number of sulfonamides is 1. The van der Waals surface area contributed by atoms with E-state index in [9.17, 15) is 13.2 Å². The first-order valence-corrected chi connectivity index (χ1v) is 12.6. The Morgan fingerprint density at radius 2 is 2.00 bits per heavy atom. The summed E-state index contributed by atoms with van der Waals surface area (Å²) in [5.41, 5.74) is 1.83. The molecule has 0 bridgehead atoms. The average Bonchev–Trinajstić information content (AvgIpc) is 3.35. The van der Waals surface area contributed by atoms with E-state index in [0.29, 0.717) is 38.3 Å². The number of hydrogen-bond acceptors (Lipinski definition) is 5. The van der Waals surface area contributed by atoms with Crippen molar-refractivity contribution in [3.63, 3.8) is 0 Å². The lowest BCUT2D eigenvalue weighted by molar-refractivity contribution is -0.116. The molecule has 0 spiro atoms. The van der Waals surface area contributed by atoms with E-state index in [1.54, 1.807) is 12.1 Å². The van der Waals surface area contributed by atoms with Gasteiger partial charge in [-0.15, -0.1) is 6.58 Å². The number of halogens is 1. The van der Waals surface area contributed by atoms with Crippen LogP contribution >= 0.6 is 11.6 Å². The molecule has 0 aliphatic carbocycles. The number of nitrogens with zero attached hydrogens (tertiary/aromatic N) is 3. The maximum Gasteiger partial charge on any atom is 0.243 e. The van der Waals surface area contributed by atoms with Gasteiger partial charge in [-0.2, -0.15) is 9.57 Å². The fraction of sp³-hybridized carbons (Fsp3) is 0.333. The van der Waals surface area contributed by atoms with Gasteiger partial charge in [-0.25, -0.2) is 8.42 Å². The van der Waals surface area contributed by atoms with Crippen molar-refractivity contribution >= 4 is 33.2 Å². The van der Waals surface area contributed by atoms with Crippen LogP contribution in [-0.4, -0.2) is 49.7 Å². The van der Waals surface area contributed by atoms with Crippen LogP contribution in [0.15, 0.2) is 60.0 Å². The summed E-state index contributed by atoms with van der Waals surface area (Å²) < 4.78 is 27.1. The van der Waals surface area contributed by atoms with Crippen molar-refractivity contribution in [2.24, 2.45) is 0 Å². The molecule has 1 aliphatic rings. The van der Waals surface area contributed by atoms with E-state index < -0.39 is 10.0 Å². The van der Waals surface area contributed by atoms with E-state index in [1.807, 2.05) is 23.1 Å². The summed E-state index contributed by atoms with van der Waals surface area (Å²) in [6.07, 6.45) is 3.64. The molecule has 0 saturated carbocycles. The largest absolute Gasteiger partial charge is 0.325 e. The number of rotatable bonds is 10. The van der Waals surface area contributed by atoms with Crippen molar-refractivity contribution in [1.82, 2.24) is 9.21 Å². The lowest BCUT2D eigenvalue weighted by Crippen LogP contribution is -2.28. The molecule has 2 aromatic rings. The Morgan fingerprint density at radius 1 is 1.24 bits per heavy atom. The van der Waals surface area contributed by atoms with Gasteiger partial charge >= 0.3 is 0 Å². The minimum atomic E-state index is -3.61. The molecule has 1 N–H and O–H groups in total. The SMILES string of the molecule is C=CCN(CCC(=O)Nc1cc(S(=O)(=O)N2CCCC2)ccc1Cl)Cc1cccc(C#N)c1. The Bertz CT molecular complexity index is 1150. The van der Waals surface area contributed by atoms with Crippen LogP contribution < -0.4 is 5.32 Å². The average molecular weight is 487 g/mol. The molecule has 1 amide bonds. The number of carbonyl (C=O) groups excluding carboxylic acids is 1. The first-order chi connectivity index (χ1) is 15.8. The van der Waals surface area contributed by atoms with Crippen molar-refractivity contribution in [2.75, 3.05) is 31.5 Å². The Balaban J connectivity index is 1.64. The predicted octanol–water partition coefficient (Wildman–Crippen LogP) is 4.01. The highest BCUT2D eigenvalue weighted by Gasteiger charge is 2.27. The molecule has 1 heterocycles. The van der Waals surface area contributed by atoms with Crippen molar-refractivity contribution in [3.05, 3.63) is 71.3 Å². The monoisotopic (exact) mass is 486 g/mol. The molecule has 0 atom stereocenters. The summed E-state index contributed by atoms with van der Waals surface area (Å²) in [5.74, 6) is -0.271. The number of carbonyl (C=O) groups is 1. The predicted molar refractivity (Wildman–Crippen MR) is 129 cm³/mol. The third-order valence-corrected chi connectivity index (χ3v) is 7.64. The summed E-state index contributed by atoms with van der Waals surface area (Å²) in [4.78, 5) is 14.8. The van der Waals surface area contributed by atoms with Crippen molar-refractivity contribution < 1.29 is 13.2 Å². The molecule has 0 unspecified atom stereocenters. The second kappa shape index (κ2) is 11.4. The zero-order valence-corrected chi connectivity index (χ0v) is 19.9. The third kappa shape index (κ3) is 6.65. The number of nitriles is 1. The first-order valence-electron chi connectivity index (χ1n) is 10.8. The van der Waals surface area contributed by atoms with Gasteiger partial charge in [0, 0.05) is 39.1 Å². The van der Waals surface area contributed by atoms with Crippen LogP contribution in [0, 0.1) is 11.3 Å². The molecule has 3 rings (SSSR count). The van der Waals surface area contributed by atoms with Gasteiger partial charge in [0.25, 0.3) is 0 Å². The Labute approximate surface area is 200 Å². The third-order valence-electron chi connectivity index (χ3n) is 5.42. The van der Waals surface area contributed by atoms with Gasteiger partial charge in [-0.3, -0.25) is 9.69 Å². The molecule has 1 fully saturated rings. The van der Waals surface area contributed by atoms with Crippen LogP contribution in [0.1, 0.15) is 30.4 Å². The second-order valence-electron chi connectivity index (χ2n) is 7.89. The molecule has 7 nitrogen and oxygen atoms in total. The van der Waals surface area contributed by atoms with E-state index in [2.05, 4.69) is 18.0 Å². The highest BCUT2D eigenvalue weighted by Crippen LogP contribution is 2.28. The van der Waals surface area contributed by atoms with Gasteiger partial charge in [0.2, 0.25) is 15.9 Å². The maximum atomic E-state index is 12.8. The van der Waals surface area contributed by atoms with Crippen LogP contribution in [0.25, 0.3) is 0 Å². The fourth-order valence-electron chi connectivity index (χ4n) is 3.73. The molecule has 1 aliphatic heterocycles. The molecular formula is C24H27ClN4O3S. The fourth-order valence-corrected chi connectivity index (χ4v) is 5.43. The summed E-state index contributed by atoms with van der Waals surface area (Å²) in [7, 11) is -3.61. The highest BCUT2D eigenvalue weighted by molar-refractivity contribution is 7.89. The lowest BCUT2D eigenvalue weighted by atomic mass is 10.1. The van der Waals surface area contributed by atoms with E-state index in [-0.39, 0.29) is 27.9 Å². The molecule has 0 radical (unpaired) electrons. The van der Waals surface area contributed by atoms with Gasteiger partial charge < -0.3 is 5.32 Å². The molecule has 2 aromatic carbocycles. The van der Waals surface area contributed by atoms with Crippen molar-refractivity contribution in [2.45, 2.75) is 30.7 Å². The summed E-state index contributed by atoms with van der Waals surface area (Å²) in [6.45, 7) is 6.38. The molecular weight excluding hydrogens is 460 g/mol. The minimum absolute atomic E-state index is 0.120. The highest BCUT2D eigenvalue weighted by atomic mass is 35.5. The zero-order valence-electron chi connectivity index (χ0n) is 18.3. The number of anilines is 1. The topological polar surface area (TPSA) is 93.5 Å². The van der Waals surface area contributed by atoms with Gasteiger partial charge in [-0.05, 0) is 48.7 Å². The summed E-state index contributed by atoms with van der Waals surface area (Å²) in [5, 5.41) is 12.1. The zero-order chi connectivity index (χ0) is 23.8. The van der Waals surface area contributed by atoms with Crippen LogP contribution in [-0.2, 0) is 21.4 Å². The number of hydrogen-bond donors (Lipinski definition) is 1. The second-order valence-corrected chi connectivity index (χ2v) is 10.2. The van der Waals surface area contributed by atoms with Crippen LogP contribution in [0.5, 0.6) is 0 Å². The van der Waals surface area contributed by atoms with Gasteiger partial charge in [0.1, 0.15) is 0 Å². The Morgan fingerprint density at radius 3 is 2.70 bits per heavy atom. The van der Waals surface area contributed by atoms with E-state index in [0.717, 1.165) is 18.4 Å². The molecule has 9 heteroatoms. The summed E-state index contributed by atoms with van der Waals surface area (Å²) in [6, 6.07) is 13.8. The van der Waals surface area contributed by atoms with Crippen molar-refractivity contribution in [3.8, 4) is 6.07 Å². The maximum absolute atomic E-state index is 12.8. The quantitative estimate of drug-likeness (QED) is 0.512. The smallest absolute Gasteiger partial charge is 0.243 e. The van der Waals surface area contributed by atoms with Gasteiger partial charge in [-0.1, -0.05) is 29.8 Å². The van der Waals surface area contributed by atoms with E-state index in [4.69, 9.17) is 16.9 Å². The lowest BCUT2D eigenvalue weighted by Gasteiger charge is -2.21. The number of amides is 1. The van der Waals surface area contributed by atoms with Gasteiger partial charge in [0.15, 0.2) is 0 Å². The van der Waals surface area contributed by atoms with Crippen molar-refractivity contribution in [1.29, 1.82) is 5.26 Å². The molecule has 1 saturated heterocycles. The van der Waals surface area contributed by atoms with Crippen LogP contribution in [0.2, 0.25) is 5.02 Å². The molecule has 33 heavy (non-hydrogen) atoms. The summed E-state index contributed by atoms with van der Waals surface area (Å²) >= 11 is 6.23. The Kier molecular flexibility index (Phi) is 8.64. The minimum Gasteiger partial charge on any atom is -0.325 e. The van der Waals surface area contributed by atoms with Gasteiger partial charge in [0.05, 0.1) is 27.2 Å². The standard InChI is InChI=1S/C24H27ClN4O3S/c1-2-11-28(18-20-7-5-6-19(15-20)17-26)14-10-24(30)27-23-16-21(8-9-22(23)25)33(31,32)29-12-3-4-13-29/h2,5-9,15-16H,1,3-4,10-14,18H2,(H,27,30). The Hall–Kier alpha value is -2.70. The van der Waals surface area contributed by atoms with Crippen LogP contribution in [0.3, 0.4) is 0 Å². The molecule has 174 valence electrons. The normalized spacial score (nSPS) is 14.2. The van der Waals surface area contributed by atoms with Crippen LogP contribution in [0.4, 0.5) is 5.69 Å². The number of nitrogens with one attached hydrogen (secondary N) is 1. The first kappa shape index (κ1) is 24.9. The molecule has 0 aromatic heterocycles. The van der Waals surface area contributed by atoms with E-state index >= 15 is 0 Å². The number of benzene rings is 2.